The second kappa shape index (κ2) is 6.06. The molecule has 0 unspecified atom stereocenters. The number of hydrogen-bond acceptors (Lipinski definition) is 3. The molecule has 0 bridgehead atoms. The van der Waals surface area contributed by atoms with Gasteiger partial charge in [0.05, 0.1) is 6.04 Å². The molecule has 0 radical (unpaired) electrons. The number of aromatic nitrogens is 1. The van der Waals surface area contributed by atoms with Gasteiger partial charge in [0.2, 0.25) is 5.91 Å². The first-order valence-corrected chi connectivity index (χ1v) is 7.22. The molecule has 2 heterocycles. The SMILES string of the molecule is Cc1ccc(CNC(=O)[C@@H]2Cc3ccccc3CN2)cn1. The zero-order chi connectivity index (χ0) is 14.7. The van der Waals surface area contributed by atoms with E-state index in [1.807, 2.05) is 31.2 Å². The molecule has 0 spiro atoms. The van der Waals surface area contributed by atoms with Crippen LogP contribution in [0.1, 0.15) is 22.4 Å². The Bertz CT molecular complexity index is 637. The average molecular weight is 281 g/mol. The standard InChI is InChI=1S/C17H19N3O/c1-12-6-7-13(9-18-12)10-20-17(21)16-8-14-4-2-3-5-15(14)11-19-16/h2-7,9,16,19H,8,10-11H2,1H3,(H,20,21)/t16-/m0/s1. The lowest BCUT2D eigenvalue weighted by Crippen LogP contribution is -2.47. The van der Waals surface area contributed by atoms with Crippen LogP contribution in [0.4, 0.5) is 0 Å². The molecule has 3 rings (SSSR count). The van der Waals surface area contributed by atoms with Crippen molar-refractivity contribution in [3.63, 3.8) is 0 Å². The van der Waals surface area contributed by atoms with Gasteiger partial charge in [-0.3, -0.25) is 9.78 Å². The lowest BCUT2D eigenvalue weighted by Gasteiger charge is -2.25. The minimum absolute atomic E-state index is 0.0464. The predicted octanol–water partition coefficient (Wildman–Crippen LogP) is 1.72. The zero-order valence-electron chi connectivity index (χ0n) is 12.1. The van der Waals surface area contributed by atoms with Crippen LogP contribution in [0.5, 0.6) is 0 Å². The first kappa shape index (κ1) is 13.8. The van der Waals surface area contributed by atoms with Crippen molar-refractivity contribution in [2.24, 2.45) is 0 Å². The molecule has 108 valence electrons. The van der Waals surface area contributed by atoms with Gasteiger partial charge < -0.3 is 10.6 Å². The Kier molecular flexibility index (Phi) is 3.97. The number of aryl methyl sites for hydroxylation is 1. The van der Waals surface area contributed by atoms with Crippen molar-refractivity contribution in [2.75, 3.05) is 0 Å². The van der Waals surface area contributed by atoms with E-state index in [1.165, 1.54) is 11.1 Å². The fourth-order valence-electron chi connectivity index (χ4n) is 2.56. The van der Waals surface area contributed by atoms with Crippen LogP contribution in [-0.2, 0) is 24.3 Å². The van der Waals surface area contributed by atoms with Crippen LogP contribution in [0.3, 0.4) is 0 Å². The minimum Gasteiger partial charge on any atom is -0.351 e. The van der Waals surface area contributed by atoms with Gasteiger partial charge in [0.15, 0.2) is 0 Å². The van der Waals surface area contributed by atoms with Crippen molar-refractivity contribution in [1.29, 1.82) is 0 Å². The molecule has 0 fully saturated rings. The Hall–Kier alpha value is -2.20. The Morgan fingerprint density at radius 3 is 2.86 bits per heavy atom. The average Bonchev–Trinajstić information content (AvgIpc) is 2.53. The third kappa shape index (κ3) is 3.28. The van der Waals surface area contributed by atoms with Crippen molar-refractivity contribution in [3.05, 3.63) is 65.0 Å². The summed E-state index contributed by atoms with van der Waals surface area (Å²) in [6.45, 7) is 3.22. The number of fused-ring (bicyclic) bond motifs is 1. The molecule has 1 aromatic carbocycles. The van der Waals surface area contributed by atoms with Crippen molar-refractivity contribution >= 4 is 5.91 Å². The van der Waals surface area contributed by atoms with Crippen LogP contribution in [0.15, 0.2) is 42.6 Å². The molecule has 1 aliphatic heterocycles. The highest BCUT2D eigenvalue weighted by Gasteiger charge is 2.23. The van der Waals surface area contributed by atoms with E-state index < -0.39 is 0 Å². The van der Waals surface area contributed by atoms with E-state index in [4.69, 9.17) is 0 Å². The van der Waals surface area contributed by atoms with Crippen LogP contribution in [0.2, 0.25) is 0 Å². The number of nitrogens with one attached hydrogen (secondary N) is 2. The second-order valence-corrected chi connectivity index (χ2v) is 5.43. The molecule has 1 aromatic heterocycles. The maximum absolute atomic E-state index is 12.3. The molecule has 0 saturated carbocycles. The van der Waals surface area contributed by atoms with Gasteiger partial charge in [-0.15, -0.1) is 0 Å². The number of carbonyl (C=O) groups is 1. The molecule has 21 heavy (non-hydrogen) atoms. The van der Waals surface area contributed by atoms with Gasteiger partial charge in [0.1, 0.15) is 0 Å². The van der Waals surface area contributed by atoms with Crippen LogP contribution >= 0.6 is 0 Å². The van der Waals surface area contributed by atoms with Gasteiger partial charge in [-0.2, -0.15) is 0 Å². The quantitative estimate of drug-likeness (QED) is 0.900. The first-order valence-electron chi connectivity index (χ1n) is 7.22. The minimum atomic E-state index is -0.154. The molecule has 4 heteroatoms. The monoisotopic (exact) mass is 281 g/mol. The van der Waals surface area contributed by atoms with E-state index >= 15 is 0 Å². The number of nitrogens with zero attached hydrogens (tertiary/aromatic N) is 1. The summed E-state index contributed by atoms with van der Waals surface area (Å²) >= 11 is 0. The van der Waals surface area contributed by atoms with Crippen LogP contribution < -0.4 is 10.6 Å². The van der Waals surface area contributed by atoms with E-state index in [1.54, 1.807) is 6.20 Å². The van der Waals surface area contributed by atoms with E-state index in [2.05, 4.69) is 27.8 Å². The normalized spacial score (nSPS) is 17.1. The molecule has 4 nitrogen and oxygen atoms in total. The molecule has 0 saturated heterocycles. The summed E-state index contributed by atoms with van der Waals surface area (Å²) in [5, 5.41) is 6.27. The fourth-order valence-corrected chi connectivity index (χ4v) is 2.56. The summed E-state index contributed by atoms with van der Waals surface area (Å²) in [4.78, 5) is 16.5. The third-order valence-corrected chi connectivity index (χ3v) is 3.84. The third-order valence-electron chi connectivity index (χ3n) is 3.84. The lowest BCUT2D eigenvalue weighted by atomic mass is 9.95. The molecular formula is C17H19N3O. The highest BCUT2D eigenvalue weighted by molar-refractivity contribution is 5.82. The number of amides is 1. The van der Waals surface area contributed by atoms with Gasteiger partial charge >= 0.3 is 0 Å². The summed E-state index contributed by atoms with van der Waals surface area (Å²) in [5.74, 6) is 0.0464. The Labute approximate surface area is 124 Å². The highest BCUT2D eigenvalue weighted by Crippen LogP contribution is 2.16. The van der Waals surface area contributed by atoms with Crippen molar-refractivity contribution in [2.45, 2.75) is 32.5 Å². The number of rotatable bonds is 3. The van der Waals surface area contributed by atoms with E-state index in [0.29, 0.717) is 6.54 Å². The molecule has 1 atom stereocenters. The molecule has 1 amide bonds. The Morgan fingerprint density at radius 1 is 1.29 bits per heavy atom. The Balaban J connectivity index is 1.58. The van der Waals surface area contributed by atoms with E-state index in [9.17, 15) is 4.79 Å². The second-order valence-electron chi connectivity index (χ2n) is 5.43. The summed E-state index contributed by atoms with van der Waals surface area (Å²) in [7, 11) is 0. The van der Waals surface area contributed by atoms with Gasteiger partial charge in [0, 0.05) is 25.0 Å². The zero-order valence-corrected chi connectivity index (χ0v) is 12.1. The summed E-state index contributed by atoms with van der Waals surface area (Å²) in [5.41, 5.74) is 4.54. The van der Waals surface area contributed by atoms with Crippen LogP contribution in [-0.4, -0.2) is 16.9 Å². The predicted molar refractivity (Wildman–Crippen MR) is 81.6 cm³/mol. The Morgan fingerprint density at radius 2 is 2.10 bits per heavy atom. The maximum Gasteiger partial charge on any atom is 0.237 e. The van der Waals surface area contributed by atoms with Gasteiger partial charge in [-0.25, -0.2) is 0 Å². The molecule has 2 N–H and O–H groups in total. The number of benzene rings is 1. The molecule has 1 aliphatic rings. The maximum atomic E-state index is 12.3. The van der Waals surface area contributed by atoms with Crippen LogP contribution in [0.25, 0.3) is 0 Å². The van der Waals surface area contributed by atoms with Gasteiger partial charge in [-0.05, 0) is 36.1 Å². The van der Waals surface area contributed by atoms with Crippen LogP contribution in [0, 0.1) is 6.92 Å². The molecule has 0 aliphatic carbocycles. The topological polar surface area (TPSA) is 54.0 Å². The van der Waals surface area contributed by atoms with Crippen molar-refractivity contribution in [1.82, 2.24) is 15.6 Å². The lowest BCUT2D eigenvalue weighted by molar-refractivity contribution is -0.123. The van der Waals surface area contributed by atoms with E-state index in [-0.39, 0.29) is 11.9 Å². The smallest absolute Gasteiger partial charge is 0.237 e. The number of pyridine rings is 1. The number of carbonyl (C=O) groups excluding carboxylic acids is 1. The fraction of sp³-hybridized carbons (Fsp3) is 0.294. The largest absolute Gasteiger partial charge is 0.351 e. The number of hydrogen-bond donors (Lipinski definition) is 2. The van der Waals surface area contributed by atoms with E-state index in [0.717, 1.165) is 24.2 Å². The van der Waals surface area contributed by atoms with Crippen molar-refractivity contribution < 1.29 is 4.79 Å². The summed E-state index contributed by atoms with van der Waals surface area (Å²) < 4.78 is 0. The molecule has 2 aromatic rings. The summed E-state index contributed by atoms with van der Waals surface area (Å²) in [6.07, 6.45) is 2.55. The van der Waals surface area contributed by atoms with Gasteiger partial charge in [0.25, 0.3) is 0 Å². The highest BCUT2D eigenvalue weighted by atomic mass is 16.2. The van der Waals surface area contributed by atoms with Gasteiger partial charge in [-0.1, -0.05) is 30.3 Å². The summed E-state index contributed by atoms with van der Waals surface area (Å²) in [6, 6.07) is 12.1. The van der Waals surface area contributed by atoms with Crippen molar-refractivity contribution in [3.8, 4) is 0 Å². The first-order chi connectivity index (χ1) is 10.2. The molecular weight excluding hydrogens is 262 g/mol.